The molecule has 0 bridgehead atoms. The zero-order valence-electron chi connectivity index (χ0n) is 8.62. The second kappa shape index (κ2) is 4.26. The topological polar surface area (TPSA) is 27.6 Å². The van der Waals surface area contributed by atoms with Crippen molar-refractivity contribution in [2.45, 2.75) is 44.4 Å². The first-order valence-corrected chi connectivity index (χ1v) is 5.44. The van der Waals surface area contributed by atoms with E-state index in [-0.39, 0.29) is 6.04 Å². The maximum Gasteiger partial charge on any atom is 0.120 e. The molecule has 2 unspecified atom stereocenters. The summed E-state index contributed by atoms with van der Waals surface area (Å²) in [5.41, 5.74) is 0. The minimum atomic E-state index is -0.785. The van der Waals surface area contributed by atoms with Gasteiger partial charge in [-0.3, -0.25) is 5.01 Å². The summed E-state index contributed by atoms with van der Waals surface area (Å²) in [7, 11) is 0. The SMILES string of the molecule is CC(F)C1CC=NN1C1CCNCC1. The number of hydrazone groups is 1. The summed E-state index contributed by atoms with van der Waals surface area (Å²) in [5.74, 6) is 0. The lowest BCUT2D eigenvalue weighted by Crippen LogP contribution is -2.46. The molecule has 0 radical (unpaired) electrons. The minimum Gasteiger partial charge on any atom is -0.317 e. The van der Waals surface area contributed by atoms with Crippen molar-refractivity contribution in [3.05, 3.63) is 0 Å². The lowest BCUT2D eigenvalue weighted by Gasteiger charge is -2.35. The molecule has 1 fully saturated rings. The van der Waals surface area contributed by atoms with Crippen molar-refractivity contribution in [1.29, 1.82) is 0 Å². The monoisotopic (exact) mass is 199 g/mol. The molecule has 2 atom stereocenters. The zero-order valence-corrected chi connectivity index (χ0v) is 8.62. The third kappa shape index (κ3) is 1.90. The zero-order chi connectivity index (χ0) is 9.97. The number of hydrogen-bond donors (Lipinski definition) is 1. The molecule has 2 aliphatic heterocycles. The Bertz CT molecular complexity index is 211. The fraction of sp³-hybridized carbons (Fsp3) is 0.900. The smallest absolute Gasteiger partial charge is 0.120 e. The fourth-order valence-electron chi connectivity index (χ4n) is 2.28. The lowest BCUT2D eigenvalue weighted by atomic mass is 10.0. The standard InChI is InChI=1S/C10H18FN3/c1-8(11)10-4-7-13-14(10)9-2-5-12-6-3-9/h7-10,12H,2-6H2,1H3. The molecule has 2 aliphatic rings. The Kier molecular flexibility index (Phi) is 3.01. The number of piperidine rings is 1. The maximum absolute atomic E-state index is 13.3. The van der Waals surface area contributed by atoms with Crippen molar-refractivity contribution in [2.75, 3.05) is 13.1 Å². The van der Waals surface area contributed by atoms with Crippen LogP contribution in [0.3, 0.4) is 0 Å². The predicted octanol–water partition coefficient (Wildman–Crippen LogP) is 1.16. The second-order valence-corrected chi connectivity index (χ2v) is 4.14. The average Bonchev–Trinajstić information content (AvgIpc) is 2.67. The number of nitrogens with one attached hydrogen (secondary N) is 1. The number of alkyl halides is 1. The quantitative estimate of drug-likeness (QED) is 0.722. The highest BCUT2D eigenvalue weighted by Gasteiger charge is 2.32. The highest BCUT2D eigenvalue weighted by molar-refractivity contribution is 5.60. The van der Waals surface area contributed by atoms with Gasteiger partial charge < -0.3 is 5.32 Å². The first-order chi connectivity index (χ1) is 6.79. The molecule has 1 N–H and O–H groups in total. The van der Waals surface area contributed by atoms with Crippen LogP contribution in [0.15, 0.2) is 5.10 Å². The van der Waals surface area contributed by atoms with Gasteiger partial charge in [-0.15, -0.1) is 0 Å². The summed E-state index contributed by atoms with van der Waals surface area (Å²) < 4.78 is 13.3. The number of halogens is 1. The van der Waals surface area contributed by atoms with E-state index in [1.54, 1.807) is 6.92 Å². The number of nitrogens with zero attached hydrogens (tertiary/aromatic N) is 2. The molecule has 80 valence electrons. The molecule has 0 aromatic carbocycles. The normalized spacial score (nSPS) is 31.0. The summed E-state index contributed by atoms with van der Waals surface area (Å²) in [5, 5.41) is 9.60. The van der Waals surface area contributed by atoms with Gasteiger partial charge in [0, 0.05) is 18.7 Å². The highest BCUT2D eigenvalue weighted by Crippen LogP contribution is 2.23. The van der Waals surface area contributed by atoms with Crippen LogP contribution in [0, 0.1) is 0 Å². The summed E-state index contributed by atoms with van der Waals surface area (Å²) in [4.78, 5) is 0. The third-order valence-corrected chi connectivity index (χ3v) is 3.11. The van der Waals surface area contributed by atoms with Crippen molar-refractivity contribution in [3.63, 3.8) is 0 Å². The van der Waals surface area contributed by atoms with Crippen molar-refractivity contribution >= 4 is 6.21 Å². The fourth-order valence-corrected chi connectivity index (χ4v) is 2.28. The van der Waals surface area contributed by atoms with Crippen molar-refractivity contribution < 1.29 is 4.39 Å². The Morgan fingerprint density at radius 1 is 1.50 bits per heavy atom. The van der Waals surface area contributed by atoms with E-state index in [4.69, 9.17) is 0 Å². The Balaban J connectivity index is 1.97. The first kappa shape index (κ1) is 9.90. The summed E-state index contributed by atoms with van der Waals surface area (Å²) in [6.07, 6.45) is 4.00. The van der Waals surface area contributed by atoms with E-state index in [1.807, 2.05) is 11.2 Å². The van der Waals surface area contributed by atoms with Gasteiger partial charge in [0.25, 0.3) is 0 Å². The lowest BCUT2D eigenvalue weighted by molar-refractivity contribution is 0.0822. The third-order valence-electron chi connectivity index (χ3n) is 3.11. The van der Waals surface area contributed by atoms with Gasteiger partial charge in [-0.1, -0.05) is 0 Å². The van der Waals surface area contributed by atoms with Crippen LogP contribution < -0.4 is 5.32 Å². The van der Waals surface area contributed by atoms with Crippen molar-refractivity contribution in [1.82, 2.24) is 10.3 Å². The Morgan fingerprint density at radius 3 is 2.86 bits per heavy atom. The molecule has 0 saturated carbocycles. The largest absolute Gasteiger partial charge is 0.317 e. The Hall–Kier alpha value is -0.640. The molecule has 0 aromatic rings. The summed E-state index contributed by atoms with van der Waals surface area (Å²) in [6.45, 7) is 3.70. The van der Waals surface area contributed by atoms with E-state index >= 15 is 0 Å². The van der Waals surface area contributed by atoms with Crippen LogP contribution in [0.5, 0.6) is 0 Å². The molecule has 2 rings (SSSR count). The van der Waals surface area contributed by atoms with Crippen molar-refractivity contribution in [3.8, 4) is 0 Å². The molecule has 0 aromatic heterocycles. The highest BCUT2D eigenvalue weighted by atomic mass is 19.1. The molecular weight excluding hydrogens is 181 g/mol. The summed E-state index contributed by atoms with van der Waals surface area (Å²) in [6, 6.07) is 0.427. The summed E-state index contributed by atoms with van der Waals surface area (Å²) >= 11 is 0. The molecule has 0 aliphatic carbocycles. The average molecular weight is 199 g/mol. The Morgan fingerprint density at radius 2 is 2.21 bits per heavy atom. The molecule has 3 nitrogen and oxygen atoms in total. The van der Waals surface area contributed by atoms with Gasteiger partial charge in [0.1, 0.15) is 6.17 Å². The molecule has 4 heteroatoms. The first-order valence-electron chi connectivity index (χ1n) is 5.44. The molecule has 2 heterocycles. The minimum absolute atomic E-state index is 0.0156. The van der Waals surface area contributed by atoms with E-state index in [2.05, 4.69) is 10.4 Å². The van der Waals surface area contributed by atoms with Crippen LogP contribution in [0.1, 0.15) is 26.2 Å². The van der Waals surface area contributed by atoms with Gasteiger partial charge >= 0.3 is 0 Å². The predicted molar refractivity (Wildman–Crippen MR) is 55.2 cm³/mol. The maximum atomic E-state index is 13.3. The molecule has 14 heavy (non-hydrogen) atoms. The molecule has 1 saturated heterocycles. The number of rotatable bonds is 2. The Labute approximate surface area is 84.4 Å². The molecule has 0 spiro atoms. The van der Waals surface area contributed by atoms with Crippen LogP contribution in [0.2, 0.25) is 0 Å². The van der Waals surface area contributed by atoms with E-state index < -0.39 is 6.17 Å². The van der Waals surface area contributed by atoms with Gasteiger partial charge in [-0.2, -0.15) is 5.10 Å². The molecular formula is C10H18FN3. The van der Waals surface area contributed by atoms with Crippen LogP contribution in [0.25, 0.3) is 0 Å². The van der Waals surface area contributed by atoms with Crippen LogP contribution in [-0.2, 0) is 0 Å². The van der Waals surface area contributed by atoms with Crippen LogP contribution >= 0.6 is 0 Å². The van der Waals surface area contributed by atoms with Gasteiger partial charge in [0.15, 0.2) is 0 Å². The second-order valence-electron chi connectivity index (χ2n) is 4.14. The van der Waals surface area contributed by atoms with E-state index in [9.17, 15) is 4.39 Å². The number of hydrogen-bond acceptors (Lipinski definition) is 3. The van der Waals surface area contributed by atoms with Crippen molar-refractivity contribution in [2.24, 2.45) is 5.10 Å². The van der Waals surface area contributed by atoms with E-state index in [0.29, 0.717) is 6.04 Å². The van der Waals surface area contributed by atoms with Gasteiger partial charge in [0.2, 0.25) is 0 Å². The molecule has 0 amide bonds. The van der Waals surface area contributed by atoms with E-state index in [1.165, 1.54) is 0 Å². The van der Waals surface area contributed by atoms with E-state index in [0.717, 1.165) is 32.4 Å². The van der Waals surface area contributed by atoms with Gasteiger partial charge in [0.05, 0.1) is 6.04 Å². The van der Waals surface area contributed by atoms with Gasteiger partial charge in [-0.05, 0) is 32.9 Å². The van der Waals surface area contributed by atoms with Crippen LogP contribution in [0.4, 0.5) is 4.39 Å². The van der Waals surface area contributed by atoms with Gasteiger partial charge in [-0.25, -0.2) is 4.39 Å². The van der Waals surface area contributed by atoms with Crippen LogP contribution in [-0.4, -0.2) is 42.6 Å².